The van der Waals surface area contributed by atoms with E-state index in [0.29, 0.717) is 12.8 Å². The summed E-state index contributed by atoms with van der Waals surface area (Å²) in [4.78, 5) is 50.0. The first-order chi connectivity index (χ1) is 13.7. The molecule has 8 heteroatoms. The van der Waals surface area contributed by atoms with E-state index in [4.69, 9.17) is 0 Å². The molecule has 0 fully saturated rings. The Morgan fingerprint density at radius 3 is 1.90 bits per heavy atom. The first-order valence-electron chi connectivity index (χ1n) is 10.1. The van der Waals surface area contributed by atoms with Gasteiger partial charge in [-0.05, 0) is 30.9 Å². The molecule has 0 saturated heterocycles. The zero-order chi connectivity index (χ0) is 23.8. The second kappa shape index (κ2) is 11.3. The van der Waals surface area contributed by atoms with Crippen molar-refractivity contribution in [3.8, 4) is 0 Å². The van der Waals surface area contributed by atoms with Crippen molar-refractivity contribution >= 4 is 23.3 Å². The summed E-state index contributed by atoms with van der Waals surface area (Å²) in [5, 5.41) is 32.3. The molecule has 0 aliphatic heterocycles. The van der Waals surface area contributed by atoms with Crippen LogP contribution in [0.25, 0.3) is 0 Å². The standard InChI is InChI=1S/C22H35NO7/c1-7-9-11-17(24)15-23(5,6)22(30,18(25)12-10-8-2)21(29,14-20(27)28)19(26)13-16(3)4/h9-12,16,29-30H,7-8,13-15H2,1-6H3/p+1/b11-9+,12-10+. The Balaban J connectivity index is 6.74. The summed E-state index contributed by atoms with van der Waals surface area (Å²) in [6.45, 7) is 6.52. The minimum atomic E-state index is -2.93. The van der Waals surface area contributed by atoms with Crippen LogP contribution in [0.15, 0.2) is 24.3 Å². The Morgan fingerprint density at radius 1 is 0.967 bits per heavy atom. The molecule has 170 valence electrons. The van der Waals surface area contributed by atoms with E-state index in [2.05, 4.69) is 0 Å². The van der Waals surface area contributed by atoms with Crippen LogP contribution < -0.4 is 0 Å². The smallest absolute Gasteiger partial charge is 0.307 e. The Hall–Kier alpha value is -2.16. The van der Waals surface area contributed by atoms with Crippen molar-refractivity contribution in [1.29, 1.82) is 0 Å². The molecule has 0 aliphatic carbocycles. The molecule has 8 nitrogen and oxygen atoms in total. The van der Waals surface area contributed by atoms with Crippen molar-refractivity contribution in [2.45, 2.75) is 64.7 Å². The fourth-order valence-electron chi connectivity index (χ4n) is 3.32. The molecular weight excluding hydrogens is 390 g/mol. The number of hydrogen-bond donors (Lipinski definition) is 3. The second-order valence-corrected chi connectivity index (χ2v) is 8.42. The van der Waals surface area contributed by atoms with Gasteiger partial charge in [0.25, 0.3) is 0 Å². The number of carboxylic acid groups (broad SMARTS) is 1. The van der Waals surface area contributed by atoms with E-state index in [9.17, 15) is 34.5 Å². The van der Waals surface area contributed by atoms with Gasteiger partial charge in [-0.1, -0.05) is 39.8 Å². The number of Topliss-reactive ketones (excluding diaryl/α,β-unsaturated/α-hetero) is 1. The zero-order valence-corrected chi connectivity index (χ0v) is 18.8. The van der Waals surface area contributed by atoms with Gasteiger partial charge in [0.15, 0.2) is 5.78 Å². The molecule has 2 unspecified atom stereocenters. The molecule has 0 aromatic rings. The first-order valence-corrected chi connectivity index (χ1v) is 10.1. The third-order valence-electron chi connectivity index (χ3n) is 4.85. The lowest BCUT2D eigenvalue weighted by Gasteiger charge is -2.49. The van der Waals surface area contributed by atoms with Crippen LogP contribution in [0.2, 0.25) is 0 Å². The number of aliphatic hydroxyl groups is 2. The third-order valence-corrected chi connectivity index (χ3v) is 4.85. The Kier molecular flexibility index (Phi) is 10.5. The molecule has 0 bridgehead atoms. The molecule has 2 atom stereocenters. The zero-order valence-electron chi connectivity index (χ0n) is 18.8. The summed E-state index contributed by atoms with van der Waals surface area (Å²) in [6.07, 6.45) is 4.94. The summed E-state index contributed by atoms with van der Waals surface area (Å²) < 4.78 is -0.819. The van der Waals surface area contributed by atoms with Crippen molar-refractivity contribution in [2.75, 3.05) is 20.6 Å². The highest BCUT2D eigenvalue weighted by Gasteiger charge is 2.68. The van der Waals surface area contributed by atoms with Crippen molar-refractivity contribution in [3.63, 3.8) is 0 Å². The number of hydrogen-bond acceptors (Lipinski definition) is 6. The number of carbonyl (C=O) groups is 4. The van der Waals surface area contributed by atoms with Gasteiger partial charge in [0.1, 0.15) is 6.54 Å². The average Bonchev–Trinajstić information content (AvgIpc) is 2.61. The molecule has 0 saturated carbocycles. The maximum absolute atomic E-state index is 13.1. The van der Waals surface area contributed by atoms with Crippen LogP contribution in [0.1, 0.15) is 53.4 Å². The van der Waals surface area contributed by atoms with E-state index in [0.717, 1.165) is 6.08 Å². The monoisotopic (exact) mass is 426 g/mol. The van der Waals surface area contributed by atoms with E-state index < -0.39 is 52.1 Å². The maximum atomic E-state index is 13.1. The number of allylic oxidation sites excluding steroid dienone is 2. The van der Waals surface area contributed by atoms with E-state index in [1.165, 1.54) is 26.2 Å². The lowest BCUT2D eigenvalue weighted by molar-refractivity contribution is -0.954. The topological polar surface area (TPSA) is 129 Å². The number of likely N-dealkylation sites (N-methyl/N-ethyl adjacent to an activating group) is 1. The molecular formula is C22H36NO7+. The van der Waals surface area contributed by atoms with Crippen molar-refractivity contribution in [3.05, 3.63) is 24.3 Å². The molecule has 0 heterocycles. The summed E-state index contributed by atoms with van der Waals surface area (Å²) in [5.74, 6) is -4.27. The van der Waals surface area contributed by atoms with Gasteiger partial charge in [0, 0.05) is 6.42 Å². The van der Waals surface area contributed by atoms with Crippen LogP contribution in [0.3, 0.4) is 0 Å². The molecule has 0 rings (SSSR count). The van der Waals surface area contributed by atoms with E-state index in [1.54, 1.807) is 26.8 Å². The van der Waals surface area contributed by atoms with Gasteiger partial charge in [-0.15, -0.1) is 0 Å². The van der Waals surface area contributed by atoms with Crippen molar-refractivity contribution < 1.29 is 39.0 Å². The van der Waals surface area contributed by atoms with E-state index in [1.807, 2.05) is 6.92 Å². The summed E-state index contributed by atoms with van der Waals surface area (Å²) in [6, 6.07) is 0. The Labute approximate surface area is 178 Å². The van der Waals surface area contributed by atoms with Crippen LogP contribution in [-0.2, 0) is 19.2 Å². The minimum Gasteiger partial charge on any atom is -0.481 e. The number of rotatable bonds is 14. The summed E-state index contributed by atoms with van der Waals surface area (Å²) in [5.41, 5.74) is -5.82. The molecule has 0 spiro atoms. The Bertz CT molecular complexity index is 708. The largest absolute Gasteiger partial charge is 0.481 e. The van der Waals surface area contributed by atoms with Gasteiger partial charge in [-0.3, -0.25) is 23.7 Å². The fourth-order valence-corrected chi connectivity index (χ4v) is 3.32. The number of nitrogens with zero attached hydrogens (tertiary/aromatic N) is 1. The number of quaternary nitrogens is 1. The van der Waals surface area contributed by atoms with Gasteiger partial charge in [0.2, 0.25) is 17.2 Å². The van der Waals surface area contributed by atoms with Crippen LogP contribution in [0.5, 0.6) is 0 Å². The predicted molar refractivity (Wildman–Crippen MR) is 112 cm³/mol. The Morgan fingerprint density at radius 2 is 1.47 bits per heavy atom. The van der Waals surface area contributed by atoms with E-state index in [-0.39, 0.29) is 12.3 Å². The highest BCUT2D eigenvalue weighted by Crippen LogP contribution is 2.37. The lowest BCUT2D eigenvalue weighted by Crippen LogP contribution is -2.78. The SMILES string of the molecule is CC/C=C/C(=O)C[N+](C)(C)C(O)(C(=O)/C=C/CC)C(O)(CC(=O)O)C(=O)CC(C)C. The number of carbonyl (C=O) groups excluding carboxylic acids is 3. The first kappa shape index (κ1) is 27.8. The molecule has 0 aliphatic rings. The van der Waals surface area contributed by atoms with Gasteiger partial charge in [-0.2, -0.15) is 0 Å². The van der Waals surface area contributed by atoms with Crippen LogP contribution in [0.4, 0.5) is 0 Å². The predicted octanol–water partition coefficient (Wildman–Crippen LogP) is 1.64. The average molecular weight is 427 g/mol. The normalized spacial score (nSPS) is 16.6. The fraction of sp³-hybridized carbons (Fsp3) is 0.636. The molecule has 0 radical (unpaired) electrons. The minimum absolute atomic E-state index is 0.249. The maximum Gasteiger partial charge on any atom is 0.307 e. The van der Waals surface area contributed by atoms with Gasteiger partial charge in [-0.25, -0.2) is 0 Å². The van der Waals surface area contributed by atoms with E-state index >= 15 is 0 Å². The lowest BCUT2D eigenvalue weighted by atomic mass is 9.75. The molecule has 0 aromatic carbocycles. The summed E-state index contributed by atoms with van der Waals surface area (Å²) >= 11 is 0. The van der Waals surface area contributed by atoms with Gasteiger partial charge < -0.3 is 15.3 Å². The van der Waals surface area contributed by atoms with Crippen molar-refractivity contribution in [1.82, 2.24) is 0 Å². The second-order valence-electron chi connectivity index (χ2n) is 8.42. The number of ketones is 3. The highest BCUT2D eigenvalue weighted by molar-refractivity contribution is 6.04. The molecule has 3 N–H and O–H groups in total. The van der Waals surface area contributed by atoms with Crippen LogP contribution >= 0.6 is 0 Å². The van der Waals surface area contributed by atoms with Crippen LogP contribution in [0, 0.1) is 5.92 Å². The summed E-state index contributed by atoms with van der Waals surface area (Å²) in [7, 11) is 2.62. The van der Waals surface area contributed by atoms with Gasteiger partial charge >= 0.3 is 11.7 Å². The molecule has 0 amide bonds. The molecule has 0 aromatic heterocycles. The van der Waals surface area contributed by atoms with Crippen molar-refractivity contribution in [2.24, 2.45) is 5.92 Å². The highest BCUT2D eigenvalue weighted by atomic mass is 16.4. The number of carboxylic acids is 1. The van der Waals surface area contributed by atoms with Crippen LogP contribution in [-0.4, -0.2) is 75.1 Å². The third kappa shape index (κ3) is 6.42. The van der Waals surface area contributed by atoms with Gasteiger partial charge in [0.05, 0.1) is 20.5 Å². The quantitative estimate of drug-likeness (QED) is 0.219. The number of aliphatic carboxylic acids is 1. The molecule has 30 heavy (non-hydrogen) atoms.